The van der Waals surface area contributed by atoms with Crippen LogP contribution in [0.4, 0.5) is 0 Å². The Morgan fingerprint density at radius 3 is 1.66 bits per heavy atom. The van der Waals surface area contributed by atoms with Crippen LogP contribution in [0.3, 0.4) is 0 Å². The van der Waals surface area contributed by atoms with Gasteiger partial charge in [0.2, 0.25) is 0 Å². The molecule has 0 radical (unpaired) electrons. The zero-order valence-electron chi connectivity index (χ0n) is 17.1. The molecule has 2 nitrogen and oxygen atoms in total. The van der Waals surface area contributed by atoms with Crippen molar-refractivity contribution in [2.75, 3.05) is 0 Å². The van der Waals surface area contributed by atoms with E-state index in [1.165, 1.54) is 54.1 Å². The lowest BCUT2D eigenvalue weighted by Crippen LogP contribution is -1.81. The fourth-order valence-electron chi connectivity index (χ4n) is 5.68. The van der Waals surface area contributed by atoms with Crippen LogP contribution < -0.4 is 0 Å². The molecular formula is C30H17NO. The number of hydrogen-bond donors (Lipinski definition) is 1. The molecule has 1 N–H and O–H groups in total. The smallest absolute Gasteiger partial charge is 0.144 e. The zero-order valence-corrected chi connectivity index (χ0v) is 17.1. The molecule has 0 unspecified atom stereocenters. The van der Waals surface area contributed by atoms with E-state index in [4.69, 9.17) is 4.42 Å². The molecule has 0 saturated heterocycles. The summed E-state index contributed by atoms with van der Waals surface area (Å²) in [7, 11) is 0. The van der Waals surface area contributed by atoms with Crippen molar-refractivity contribution in [3.8, 4) is 0 Å². The Morgan fingerprint density at radius 1 is 0.406 bits per heavy atom. The van der Waals surface area contributed by atoms with E-state index in [0.29, 0.717) is 0 Å². The van der Waals surface area contributed by atoms with Gasteiger partial charge >= 0.3 is 0 Å². The van der Waals surface area contributed by atoms with Crippen LogP contribution in [-0.4, -0.2) is 4.98 Å². The van der Waals surface area contributed by atoms with E-state index in [2.05, 4.69) is 96.0 Å². The SMILES string of the molecule is c1ccc2c(c1)oc1c3ccccc3c3[nH]c4c5ccccc5c5ccccc5c4c3c21. The van der Waals surface area contributed by atoms with E-state index in [0.717, 1.165) is 21.9 Å². The Labute approximate surface area is 182 Å². The van der Waals surface area contributed by atoms with Crippen molar-refractivity contribution >= 4 is 76.1 Å². The summed E-state index contributed by atoms with van der Waals surface area (Å²) >= 11 is 0. The van der Waals surface area contributed by atoms with Crippen molar-refractivity contribution in [2.24, 2.45) is 0 Å². The van der Waals surface area contributed by atoms with Gasteiger partial charge in [0.05, 0.1) is 11.0 Å². The Bertz CT molecular complexity index is 2040. The molecule has 0 saturated carbocycles. The van der Waals surface area contributed by atoms with Crippen LogP contribution in [0.25, 0.3) is 76.1 Å². The summed E-state index contributed by atoms with van der Waals surface area (Å²) in [5.74, 6) is 0. The standard InChI is InChI=1S/C30H17NO/c1-3-11-19-17(9-1)18-10-2-4-12-20(18)28-25(19)27-26-23-15-7-8-16-24(23)32-30(26)22-14-6-5-13-21(22)29(27)31-28/h1-16,31H. The van der Waals surface area contributed by atoms with Gasteiger partial charge in [0, 0.05) is 37.7 Å². The van der Waals surface area contributed by atoms with Crippen molar-refractivity contribution in [1.29, 1.82) is 0 Å². The molecule has 148 valence electrons. The maximum absolute atomic E-state index is 6.48. The Kier molecular flexibility index (Phi) is 2.91. The third kappa shape index (κ3) is 1.86. The Balaban J connectivity index is 1.83. The lowest BCUT2D eigenvalue weighted by atomic mass is 9.94. The minimum atomic E-state index is 0.930. The summed E-state index contributed by atoms with van der Waals surface area (Å²) in [6.45, 7) is 0. The fraction of sp³-hybridized carbons (Fsp3) is 0. The van der Waals surface area contributed by atoms with Gasteiger partial charge in [-0.05, 0) is 22.2 Å². The lowest BCUT2D eigenvalue weighted by molar-refractivity contribution is 0.673. The number of hydrogen-bond acceptors (Lipinski definition) is 1. The maximum atomic E-state index is 6.48. The average Bonchev–Trinajstić information content (AvgIpc) is 3.44. The normalized spacial score (nSPS) is 12.4. The van der Waals surface area contributed by atoms with Crippen molar-refractivity contribution in [3.05, 3.63) is 97.1 Å². The highest BCUT2D eigenvalue weighted by Gasteiger charge is 2.21. The summed E-state index contributed by atoms with van der Waals surface area (Å²) in [6.07, 6.45) is 0. The Hall–Kier alpha value is -4.30. The van der Waals surface area contributed by atoms with Crippen LogP contribution in [0.1, 0.15) is 0 Å². The van der Waals surface area contributed by atoms with E-state index in [1.54, 1.807) is 0 Å². The molecule has 2 heterocycles. The number of benzene rings is 6. The van der Waals surface area contributed by atoms with Crippen LogP contribution >= 0.6 is 0 Å². The zero-order chi connectivity index (χ0) is 20.8. The Morgan fingerprint density at radius 2 is 0.906 bits per heavy atom. The third-order valence-corrected chi connectivity index (χ3v) is 6.97. The van der Waals surface area contributed by atoms with E-state index >= 15 is 0 Å². The van der Waals surface area contributed by atoms with Crippen molar-refractivity contribution in [2.45, 2.75) is 0 Å². The topological polar surface area (TPSA) is 28.9 Å². The second-order valence-electron chi connectivity index (χ2n) is 8.56. The predicted molar refractivity (Wildman–Crippen MR) is 136 cm³/mol. The summed E-state index contributed by atoms with van der Waals surface area (Å²) in [5.41, 5.74) is 4.26. The van der Waals surface area contributed by atoms with Gasteiger partial charge in [-0.2, -0.15) is 0 Å². The van der Waals surface area contributed by atoms with Crippen LogP contribution in [0, 0.1) is 0 Å². The third-order valence-electron chi connectivity index (χ3n) is 6.97. The summed E-state index contributed by atoms with van der Waals surface area (Å²) in [6, 6.07) is 34.4. The molecule has 0 aliphatic carbocycles. The van der Waals surface area contributed by atoms with Crippen LogP contribution in [0.5, 0.6) is 0 Å². The molecule has 0 amide bonds. The summed E-state index contributed by atoms with van der Waals surface area (Å²) < 4.78 is 6.48. The van der Waals surface area contributed by atoms with Crippen LogP contribution in [-0.2, 0) is 0 Å². The second-order valence-corrected chi connectivity index (χ2v) is 8.56. The van der Waals surface area contributed by atoms with Gasteiger partial charge in [-0.3, -0.25) is 0 Å². The van der Waals surface area contributed by atoms with E-state index < -0.39 is 0 Å². The highest BCUT2D eigenvalue weighted by Crippen LogP contribution is 2.47. The number of para-hydroxylation sites is 1. The van der Waals surface area contributed by atoms with E-state index in [1.807, 2.05) is 6.07 Å². The molecule has 8 rings (SSSR count). The maximum Gasteiger partial charge on any atom is 0.144 e. The molecule has 0 aliphatic heterocycles. The van der Waals surface area contributed by atoms with Crippen LogP contribution in [0.2, 0.25) is 0 Å². The second kappa shape index (κ2) is 5.68. The molecule has 0 fully saturated rings. The highest BCUT2D eigenvalue weighted by atomic mass is 16.3. The molecule has 0 aliphatic rings. The van der Waals surface area contributed by atoms with Gasteiger partial charge in [0.1, 0.15) is 11.2 Å². The minimum absolute atomic E-state index is 0.930. The molecule has 32 heavy (non-hydrogen) atoms. The van der Waals surface area contributed by atoms with Gasteiger partial charge in [-0.1, -0.05) is 91.0 Å². The highest BCUT2D eigenvalue weighted by molar-refractivity contribution is 6.41. The summed E-state index contributed by atoms with van der Waals surface area (Å²) in [4.78, 5) is 3.86. The number of rotatable bonds is 0. The predicted octanol–water partition coefficient (Wildman–Crippen LogP) is 8.68. The average molecular weight is 407 g/mol. The molecule has 2 aromatic heterocycles. The summed E-state index contributed by atoms with van der Waals surface area (Å²) in [5, 5.41) is 12.3. The molecular weight excluding hydrogens is 390 g/mol. The van der Waals surface area contributed by atoms with E-state index in [-0.39, 0.29) is 0 Å². The van der Waals surface area contributed by atoms with Gasteiger partial charge < -0.3 is 9.40 Å². The van der Waals surface area contributed by atoms with Gasteiger partial charge in [0.25, 0.3) is 0 Å². The molecule has 0 spiro atoms. The molecule has 6 aromatic carbocycles. The minimum Gasteiger partial charge on any atom is -0.455 e. The van der Waals surface area contributed by atoms with Crippen molar-refractivity contribution in [1.82, 2.24) is 4.98 Å². The number of furan rings is 1. The van der Waals surface area contributed by atoms with Gasteiger partial charge in [-0.15, -0.1) is 0 Å². The number of aromatic amines is 1. The number of fused-ring (bicyclic) bond motifs is 15. The quantitative estimate of drug-likeness (QED) is 0.250. The first-order chi connectivity index (χ1) is 15.9. The molecule has 0 bridgehead atoms. The first-order valence-electron chi connectivity index (χ1n) is 11.0. The van der Waals surface area contributed by atoms with Crippen molar-refractivity contribution < 1.29 is 4.42 Å². The van der Waals surface area contributed by atoms with Gasteiger partial charge in [-0.25, -0.2) is 0 Å². The number of nitrogens with one attached hydrogen (secondary N) is 1. The monoisotopic (exact) mass is 407 g/mol. The lowest BCUT2D eigenvalue weighted by Gasteiger charge is -2.07. The van der Waals surface area contributed by atoms with Gasteiger partial charge in [0.15, 0.2) is 0 Å². The number of aromatic nitrogens is 1. The molecule has 0 atom stereocenters. The van der Waals surface area contributed by atoms with Crippen LogP contribution in [0.15, 0.2) is 101 Å². The van der Waals surface area contributed by atoms with Crippen molar-refractivity contribution in [3.63, 3.8) is 0 Å². The molecule has 8 aromatic rings. The fourth-order valence-corrected chi connectivity index (χ4v) is 5.68. The first kappa shape index (κ1) is 16.4. The first-order valence-corrected chi connectivity index (χ1v) is 11.0. The largest absolute Gasteiger partial charge is 0.455 e. The van der Waals surface area contributed by atoms with E-state index in [9.17, 15) is 0 Å². The molecule has 2 heteroatoms. The number of H-pyrrole nitrogens is 1.